The third kappa shape index (κ3) is 4.64. The lowest BCUT2D eigenvalue weighted by molar-refractivity contribution is -0.124. The van der Waals surface area contributed by atoms with Gasteiger partial charge in [0.1, 0.15) is 23.2 Å². The Kier molecular flexibility index (Phi) is 6.21. The van der Waals surface area contributed by atoms with Gasteiger partial charge in [0.2, 0.25) is 0 Å². The first-order chi connectivity index (χ1) is 13.5. The largest absolute Gasteiger partial charge is 0.481 e. The maximum atomic E-state index is 14.3. The molecule has 1 heterocycles. The van der Waals surface area contributed by atoms with Gasteiger partial charge >= 0.3 is 0 Å². The molecule has 3 rings (SSSR count). The summed E-state index contributed by atoms with van der Waals surface area (Å²) >= 11 is 6.12. The van der Waals surface area contributed by atoms with Crippen molar-refractivity contribution in [3.63, 3.8) is 0 Å². The number of carbonyl (C=O) groups is 1. The molecule has 0 saturated carbocycles. The van der Waals surface area contributed by atoms with Crippen LogP contribution in [0.3, 0.4) is 0 Å². The molecule has 1 atom stereocenters. The quantitative estimate of drug-likeness (QED) is 0.581. The Bertz CT molecular complexity index is 932. The van der Waals surface area contributed by atoms with Crippen LogP contribution in [-0.2, 0) is 11.3 Å². The molecular weight excluding hydrogens is 386 g/mol. The summed E-state index contributed by atoms with van der Waals surface area (Å²) in [5, 5.41) is 0.209. The van der Waals surface area contributed by atoms with Crippen molar-refractivity contribution < 1.29 is 18.3 Å². The first-order valence-electron chi connectivity index (χ1n) is 8.53. The number of ether oxygens (including phenoxy) is 1. The Morgan fingerprint density at radius 3 is 2.50 bits per heavy atom. The Hall–Kier alpha value is -2.99. The minimum Gasteiger partial charge on any atom is -0.481 e. The molecule has 2 aromatic carbocycles. The van der Waals surface area contributed by atoms with E-state index in [9.17, 15) is 13.6 Å². The van der Waals surface area contributed by atoms with E-state index in [1.807, 2.05) is 0 Å². The zero-order chi connectivity index (χ0) is 20.1. The van der Waals surface area contributed by atoms with E-state index < -0.39 is 23.6 Å². The number of benzene rings is 2. The molecule has 0 aliphatic carbocycles. The van der Waals surface area contributed by atoms with Gasteiger partial charge in [0.15, 0.2) is 6.10 Å². The van der Waals surface area contributed by atoms with Gasteiger partial charge in [0.25, 0.3) is 5.91 Å². The molecule has 1 amide bonds. The Balaban J connectivity index is 1.88. The summed E-state index contributed by atoms with van der Waals surface area (Å²) in [7, 11) is 0. The summed E-state index contributed by atoms with van der Waals surface area (Å²) < 4.78 is 32.9. The van der Waals surface area contributed by atoms with Gasteiger partial charge in [-0.3, -0.25) is 9.69 Å². The fourth-order valence-corrected chi connectivity index (χ4v) is 2.84. The molecule has 0 radical (unpaired) electrons. The summed E-state index contributed by atoms with van der Waals surface area (Å²) in [6.07, 6.45) is 0.613. The van der Waals surface area contributed by atoms with Gasteiger partial charge in [0.05, 0.1) is 6.54 Å². The number of nitrogens with zero attached hydrogens (tertiary/aromatic N) is 2. The van der Waals surface area contributed by atoms with Crippen molar-refractivity contribution in [1.29, 1.82) is 0 Å². The van der Waals surface area contributed by atoms with Gasteiger partial charge in [-0.1, -0.05) is 23.7 Å². The molecule has 0 bridgehead atoms. The lowest BCUT2D eigenvalue weighted by Gasteiger charge is -2.26. The molecule has 7 heteroatoms. The number of anilines is 1. The number of amides is 1. The number of aromatic nitrogens is 1. The molecule has 0 unspecified atom stereocenters. The minimum atomic E-state index is -0.919. The van der Waals surface area contributed by atoms with Crippen LogP contribution in [0.2, 0.25) is 5.02 Å². The second-order valence-corrected chi connectivity index (χ2v) is 6.43. The fraction of sp³-hybridized carbons (Fsp3) is 0.143. The molecule has 3 aromatic rings. The van der Waals surface area contributed by atoms with Crippen LogP contribution in [0.15, 0.2) is 66.9 Å². The summed E-state index contributed by atoms with van der Waals surface area (Å²) in [6.45, 7) is 1.45. The standard InChI is InChI=1S/C21H17ClF2N2O2/c1-14(28-16-10-8-15(23)9-11-16)21(27)26(20-7-2-3-12-25-20)13-17-18(22)5-4-6-19(17)24/h2-12,14H,13H2,1H3/t14-/m1/s1. The van der Waals surface area contributed by atoms with E-state index in [4.69, 9.17) is 16.3 Å². The van der Waals surface area contributed by atoms with Gasteiger partial charge in [-0.2, -0.15) is 0 Å². The van der Waals surface area contributed by atoms with Crippen LogP contribution in [-0.4, -0.2) is 17.0 Å². The average Bonchev–Trinajstić information content (AvgIpc) is 2.70. The van der Waals surface area contributed by atoms with E-state index in [0.29, 0.717) is 11.6 Å². The van der Waals surface area contributed by atoms with Crippen LogP contribution in [0, 0.1) is 11.6 Å². The molecule has 144 valence electrons. The summed E-state index contributed by atoms with van der Waals surface area (Å²) in [5.41, 5.74) is 0.178. The van der Waals surface area contributed by atoms with Crippen LogP contribution in [0.1, 0.15) is 12.5 Å². The van der Waals surface area contributed by atoms with E-state index >= 15 is 0 Å². The van der Waals surface area contributed by atoms with Crippen LogP contribution < -0.4 is 9.64 Å². The molecule has 0 saturated heterocycles. The highest BCUT2D eigenvalue weighted by Gasteiger charge is 2.26. The predicted molar refractivity (Wildman–Crippen MR) is 103 cm³/mol. The Morgan fingerprint density at radius 2 is 1.86 bits per heavy atom. The number of halogens is 3. The van der Waals surface area contributed by atoms with E-state index in [1.54, 1.807) is 31.2 Å². The van der Waals surface area contributed by atoms with Crippen molar-refractivity contribution in [1.82, 2.24) is 4.98 Å². The number of pyridine rings is 1. The SMILES string of the molecule is C[C@@H](Oc1ccc(F)cc1)C(=O)N(Cc1c(F)cccc1Cl)c1ccccn1. The summed E-state index contributed by atoms with van der Waals surface area (Å²) in [5.74, 6) is -0.695. The Morgan fingerprint density at radius 1 is 1.11 bits per heavy atom. The van der Waals surface area contributed by atoms with Crippen LogP contribution >= 0.6 is 11.6 Å². The number of hydrogen-bond donors (Lipinski definition) is 0. The maximum Gasteiger partial charge on any atom is 0.269 e. The molecule has 28 heavy (non-hydrogen) atoms. The number of rotatable bonds is 6. The van der Waals surface area contributed by atoms with Crippen molar-refractivity contribution >= 4 is 23.3 Å². The number of hydrogen-bond acceptors (Lipinski definition) is 3. The molecule has 0 fully saturated rings. The summed E-state index contributed by atoms with van der Waals surface area (Å²) in [6, 6.07) is 14.7. The molecular formula is C21H17ClF2N2O2. The van der Waals surface area contributed by atoms with Crippen LogP contribution in [0.4, 0.5) is 14.6 Å². The van der Waals surface area contributed by atoms with E-state index in [-0.39, 0.29) is 17.1 Å². The molecule has 4 nitrogen and oxygen atoms in total. The minimum absolute atomic E-state index is 0.113. The zero-order valence-electron chi connectivity index (χ0n) is 15.0. The van der Waals surface area contributed by atoms with Crippen molar-refractivity contribution in [2.45, 2.75) is 19.6 Å². The number of carbonyl (C=O) groups excluding carboxylic acids is 1. The van der Waals surface area contributed by atoms with Gasteiger partial charge in [-0.25, -0.2) is 13.8 Å². The van der Waals surface area contributed by atoms with E-state index in [1.165, 1.54) is 47.5 Å². The smallest absolute Gasteiger partial charge is 0.269 e. The normalized spacial score (nSPS) is 11.7. The third-order valence-corrected chi connectivity index (χ3v) is 4.40. The molecule has 0 aliphatic heterocycles. The van der Waals surface area contributed by atoms with Crippen molar-refractivity contribution in [3.8, 4) is 5.75 Å². The van der Waals surface area contributed by atoms with E-state index in [0.717, 1.165) is 0 Å². The first kappa shape index (κ1) is 19.8. The maximum absolute atomic E-state index is 14.3. The topological polar surface area (TPSA) is 42.4 Å². The van der Waals surface area contributed by atoms with Gasteiger partial charge in [-0.15, -0.1) is 0 Å². The summed E-state index contributed by atoms with van der Waals surface area (Å²) in [4.78, 5) is 18.6. The molecule has 0 aliphatic rings. The highest BCUT2D eigenvalue weighted by atomic mass is 35.5. The van der Waals surface area contributed by atoms with Crippen molar-refractivity contribution in [2.24, 2.45) is 0 Å². The average molecular weight is 403 g/mol. The zero-order valence-corrected chi connectivity index (χ0v) is 15.7. The first-order valence-corrected chi connectivity index (χ1v) is 8.91. The third-order valence-electron chi connectivity index (χ3n) is 4.04. The van der Waals surface area contributed by atoms with E-state index in [2.05, 4.69) is 4.98 Å². The van der Waals surface area contributed by atoms with Crippen molar-refractivity contribution in [3.05, 3.63) is 89.1 Å². The monoisotopic (exact) mass is 402 g/mol. The molecule has 0 N–H and O–H groups in total. The van der Waals surface area contributed by atoms with Crippen molar-refractivity contribution in [2.75, 3.05) is 4.90 Å². The molecule has 0 spiro atoms. The van der Waals surface area contributed by atoms with Gasteiger partial charge < -0.3 is 4.74 Å². The predicted octanol–water partition coefficient (Wildman–Crippen LogP) is 5.01. The second-order valence-electron chi connectivity index (χ2n) is 6.03. The van der Waals surface area contributed by atoms with Gasteiger partial charge in [0, 0.05) is 16.8 Å². The van der Waals surface area contributed by atoms with Crippen LogP contribution in [0.5, 0.6) is 5.75 Å². The lowest BCUT2D eigenvalue weighted by atomic mass is 10.1. The highest BCUT2D eigenvalue weighted by molar-refractivity contribution is 6.31. The van der Waals surface area contributed by atoms with Gasteiger partial charge in [-0.05, 0) is 55.5 Å². The van der Waals surface area contributed by atoms with Crippen LogP contribution in [0.25, 0.3) is 0 Å². The fourth-order valence-electron chi connectivity index (χ4n) is 2.61. The Labute approximate surface area is 166 Å². The highest BCUT2D eigenvalue weighted by Crippen LogP contribution is 2.24. The second kappa shape index (κ2) is 8.80. The molecule has 1 aromatic heterocycles. The lowest BCUT2D eigenvalue weighted by Crippen LogP contribution is -2.41.